The molecule has 0 aliphatic carbocycles. The summed E-state index contributed by atoms with van der Waals surface area (Å²) in [6.45, 7) is 4.18. The molecule has 1 aliphatic heterocycles. The molecular formula is C22H26ClN3O2. The van der Waals surface area contributed by atoms with Crippen molar-refractivity contribution in [2.45, 2.75) is 32.7 Å². The van der Waals surface area contributed by atoms with E-state index in [9.17, 15) is 9.59 Å². The van der Waals surface area contributed by atoms with E-state index < -0.39 is 0 Å². The first-order chi connectivity index (χ1) is 13.5. The number of nitrogens with one attached hydrogen (secondary N) is 2. The Kier molecular flexibility index (Phi) is 6.93. The first kappa shape index (κ1) is 20.2. The number of hydrogen-bond donors (Lipinski definition) is 2. The minimum Gasteiger partial charge on any atom is -0.375 e. The fourth-order valence-electron chi connectivity index (χ4n) is 3.33. The van der Waals surface area contributed by atoms with E-state index in [0.29, 0.717) is 22.8 Å². The van der Waals surface area contributed by atoms with Gasteiger partial charge in [0.15, 0.2) is 0 Å². The molecule has 0 unspecified atom stereocenters. The molecule has 0 saturated carbocycles. The molecule has 28 heavy (non-hydrogen) atoms. The van der Waals surface area contributed by atoms with E-state index in [-0.39, 0.29) is 18.4 Å². The fourth-order valence-corrected chi connectivity index (χ4v) is 3.52. The van der Waals surface area contributed by atoms with Gasteiger partial charge in [0.2, 0.25) is 5.91 Å². The highest BCUT2D eigenvalue weighted by Crippen LogP contribution is 2.24. The predicted octanol–water partition coefficient (Wildman–Crippen LogP) is 4.00. The smallest absolute Gasteiger partial charge is 0.253 e. The van der Waals surface area contributed by atoms with Crippen molar-refractivity contribution in [2.75, 3.05) is 25.0 Å². The topological polar surface area (TPSA) is 61.4 Å². The lowest BCUT2D eigenvalue weighted by atomic mass is 10.1. The number of nitrogens with zero attached hydrogens (tertiary/aromatic N) is 1. The maximum atomic E-state index is 12.7. The summed E-state index contributed by atoms with van der Waals surface area (Å²) in [7, 11) is 0. The normalized spacial score (nSPS) is 13.9. The van der Waals surface area contributed by atoms with Gasteiger partial charge >= 0.3 is 0 Å². The van der Waals surface area contributed by atoms with E-state index in [1.807, 2.05) is 36.1 Å². The van der Waals surface area contributed by atoms with Crippen molar-refractivity contribution in [3.05, 3.63) is 64.2 Å². The first-order valence-corrected chi connectivity index (χ1v) is 10.1. The molecule has 1 saturated heterocycles. The van der Waals surface area contributed by atoms with Gasteiger partial charge in [-0.05, 0) is 49.9 Å². The monoisotopic (exact) mass is 399 g/mol. The molecule has 1 heterocycles. The minimum absolute atomic E-state index is 0.0170. The van der Waals surface area contributed by atoms with Crippen LogP contribution >= 0.6 is 11.6 Å². The van der Waals surface area contributed by atoms with Crippen LogP contribution in [0.15, 0.2) is 42.5 Å². The number of aryl methyl sites for hydroxylation is 1. The van der Waals surface area contributed by atoms with Crippen LogP contribution in [0.3, 0.4) is 0 Å². The molecule has 5 nitrogen and oxygen atoms in total. The lowest BCUT2D eigenvalue weighted by Gasteiger charge is -2.27. The molecule has 2 aromatic carbocycles. The third kappa shape index (κ3) is 5.49. The van der Waals surface area contributed by atoms with Gasteiger partial charge in [0, 0.05) is 25.2 Å². The van der Waals surface area contributed by atoms with Gasteiger partial charge in [0.1, 0.15) is 0 Å². The largest absolute Gasteiger partial charge is 0.375 e. The summed E-state index contributed by atoms with van der Waals surface area (Å²) in [6.07, 6.45) is 3.27. The molecule has 0 spiro atoms. The highest BCUT2D eigenvalue weighted by Gasteiger charge is 2.19. The van der Waals surface area contributed by atoms with Crippen LogP contribution in [0.2, 0.25) is 5.02 Å². The Labute approximate surface area is 171 Å². The molecule has 148 valence electrons. The number of carbonyl (C=O) groups is 2. The Hall–Kier alpha value is -2.53. The van der Waals surface area contributed by atoms with Crippen LogP contribution in [-0.4, -0.2) is 36.3 Å². The van der Waals surface area contributed by atoms with Crippen molar-refractivity contribution >= 4 is 29.1 Å². The molecule has 3 rings (SSSR count). The van der Waals surface area contributed by atoms with Crippen molar-refractivity contribution in [3.8, 4) is 0 Å². The van der Waals surface area contributed by atoms with Gasteiger partial charge in [-0.2, -0.15) is 0 Å². The van der Waals surface area contributed by atoms with Gasteiger partial charge in [0.25, 0.3) is 5.91 Å². The summed E-state index contributed by atoms with van der Waals surface area (Å²) >= 11 is 6.24. The maximum absolute atomic E-state index is 12.7. The van der Waals surface area contributed by atoms with Crippen LogP contribution in [0.4, 0.5) is 5.69 Å². The van der Waals surface area contributed by atoms with E-state index >= 15 is 0 Å². The number of piperidine rings is 1. The summed E-state index contributed by atoms with van der Waals surface area (Å²) < 4.78 is 0. The summed E-state index contributed by atoms with van der Waals surface area (Å²) in [4.78, 5) is 26.7. The molecular weight excluding hydrogens is 374 g/mol. The highest BCUT2D eigenvalue weighted by molar-refractivity contribution is 6.33. The molecule has 0 atom stereocenters. The second-order valence-electron chi connectivity index (χ2n) is 7.17. The quantitative estimate of drug-likeness (QED) is 0.771. The van der Waals surface area contributed by atoms with Gasteiger partial charge in [0.05, 0.1) is 17.3 Å². The number of carbonyl (C=O) groups excluding carboxylic acids is 2. The van der Waals surface area contributed by atoms with Crippen molar-refractivity contribution < 1.29 is 9.59 Å². The van der Waals surface area contributed by atoms with E-state index in [0.717, 1.165) is 37.1 Å². The van der Waals surface area contributed by atoms with Gasteiger partial charge in [-0.3, -0.25) is 9.59 Å². The second kappa shape index (κ2) is 9.60. The van der Waals surface area contributed by atoms with Crippen LogP contribution in [0.25, 0.3) is 0 Å². The number of amides is 2. The molecule has 2 N–H and O–H groups in total. The maximum Gasteiger partial charge on any atom is 0.253 e. The van der Waals surface area contributed by atoms with Crippen LogP contribution in [-0.2, 0) is 11.3 Å². The van der Waals surface area contributed by atoms with Crippen LogP contribution < -0.4 is 10.6 Å². The molecule has 1 aliphatic rings. The van der Waals surface area contributed by atoms with E-state index in [4.69, 9.17) is 11.6 Å². The zero-order chi connectivity index (χ0) is 19.9. The Bertz CT molecular complexity index is 847. The Morgan fingerprint density at radius 2 is 1.86 bits per heavy atom. The Morgan fingerprint density at radius 3 is 2.61 bits per heavy atom. The third-order valence-electron chi connectivity index (χ3n) is 4.87. The lowest BCUT2D eigenvalue weighted by molar-refractivity contribution is -0.119. The van der Waals surface area contributed by atoms with E-state index in [1.54, 1.807) is 18.2 Å². The second-order valence-corrected chi connectivity index (χ2v) is 7.57. The van der Waals surface area contributed by atoms with Crippen molar-refractivity contribution in [3.63, 3.8) is 0 Å². The van der Waals surface area contributed by atoms with Crippen molar-refractivity contribution in [2.24, 2.45) is 0 Å². The third-order valence-corrected chi connectivity index (χ3v) is 5.20. The van der Waals surface area contributed by atoms with Gasteiger partial charge in [-0.25, -0.2) is 0 Å². The number of likely N-dealkylation sites (tertiary alicyclic amines) is 1. The number of benzene rings is 2. The van der Waals surface area contributed by atoms with Crippen LogP contribution in [0.1, 0.15) is 40.7 Å². The molecule has 2 aromatic rings. The highest BCUT2D eigenvalue weighted by atomic mass is 35.5. The zero-order valence-corrected chi connectivity index (χ0v) is 16.9. The molecule has 1 fully saturated rings. The summed E-state index contributed by atoms with van der Waals surface area (Å²) in [6, 6.07) is 13.2. The number of rotatable bonds is 6. The van der Waals surface area contributed by atoms with Crippen molar-refractivity contribution in [1.29, 1.82) is 0 Å². The number of hydrogen-bond acceptors (Lipinski definition) is 3. The van der Waals surface area contributed by atoms with E-state index in [2.05, 4.69) is 10.6 Å². The Morgan fingerprint density at radius 1 is 1.07 bits per heavy atom. The molecule has 6 heteroatoms. The standard InChI is InChI=1S/C22H26ClN3O2/c1-16-6-5-7-17(12-16)14-25-21(27)15-24-20-13-18(8-9-19(20)23)22(28)26-10-3-2-4-11-26/h5-9,12-13,24H,2-4,10-11,14-15H2,1H3,(H,25,27). The van der Waals surface area contributed by atoms with Gasteiger partial charge in [-0.15, -0.1) is 0 Å². The molecule has 2 amide bonds. The predicted molar refractivity (Wildman–Crippen MR) is 113 cm³/mol. The van der Waals surface area contributed by atoms with Gasteiger partial charge < -0.3 is 15.5 Å². The average Bonchev–Trinajstić information content (AvgIpc) is 2.72. The SMILES string of the molecule is Cc1cccc(CNC(=O)CNc2cc(C(=O)N3CCCCC3)ccc2Cl)c1. The summed E-state index contributed by atoms with van der Waals surface area (Å²) in [5.41, 5.74) is 3.40. The summed E-state index contributed by atoms with van der Waals surface area (Å²) in [5.74, 6) is -0.117. The molecule has 0 bridgehead atoms. The number of anilines is 1. The van der Waals surface area contributed by atoms with Crippen LogP contribution in [0, 0.1) is 6.92 Å². The minimum atomic E-state index is -0.134. The van der Waals surface area contributed by atoms with Gasteiger partial charge in [-0.1, -0.05) is 41.4 Å². The number of halogens is 1. The lowest BCUT2D eigenvalue weighted by Crippen LogP contribution is -2.35. The molecule has 0 aromatic heterocycles. The zero-order valence-electron chi connectivity index (χ0n) is 16.1. The van der Waals surface area contributed by atoms with Crippen LogP contribution in [0.5, 0.6) is 0 Å². The van der Waals surface area contributed by atoms with Crippen molar-refractivity contribution in [1.82, 2.24) is 10.2 Å². The van der Waals surface area contributed by atoms with E-state index in [1.165, 1.54) is 6.42 Å². The summed E-state index contributed by atoms with van der Waals surface area (Å²) in [5, 5.41) is 6.42. The molecule has 0 radical (unpaired) electrons. The first-order valence-electron chi connectivity index (χ1n) is 9.68. The average molecular weight is 400 g/mol. The Balaban J connectivity index is 1.56. The fraction of sp³-hybridized carbons (Fsp3) is 0.364.